The van der Waals surface area contributed by atoms with Crippen molar-refractivity contribution in [2.24, 2.45) is 0 Å². The lowest BCUT2D eigenvalue weighted by Gasteiger charge is -2.24. The van der Waals surface area contributed by atoms with Gasteiger partial charge >= 0.3 is 11.9 Å². The Labute approximate surface area is 205 Å². The van der Waals surface area contributed by atoms with E-state index in [1.54, 1.807) is 0 Å². The molecule has 3 rings (SSSR count). The summed E-state index contributed by atoms with van der Waals surface area (Å²) in [5.74, 6) is 2.69. The van der Waals surface area contributed by atoms with Gasteiger partial charge in [0.25, 0.3) is 0 Å². The monoisotopic (exact) mass is 503 g/mol. The molecule has 2 aromatic rings. The number of carbonyl (C=O) groups excluding carboxylic acids is 4. The molecule has 0 spiro atoms. The van der Waals surface area contributed by atoms with E-state index in [0.717, 1.165) is 20.8 Å². The molecule has 5 atom stereocenters. The van der Waals surface area contributed by atoms with Crippen LogP contribution in [-0.4, -0.2) is 90.9 Å². The SMILES string of the molecule is CC(=O)O[C@@H]1[C@H](OC(C)=O)[C@@H](C(O)C(C)=O)O[C@H]1n1cnc2c(N(CC#CCO)C(C)=O)ncnc21. The van der Waals surface area contributed by atoms with Gasteiger partial charge in [-0.3, -0.25) is 28.6 Å². The molecule has 0 aliphatic carbocycles. The second-order valence-electron chi connectivity index (χ2n) is 7.83. The number of anilines is 1. The van der Waals surface area contributed by atoms with Crippen molar-refractivity contribution in [2.45, 2.75) is 58.3 Å². The van der Waals surface area contributed by atoms with Crippen LogP contribution in [0.25, 0.3) is 11.2 Å². The number of ether oxygens (including phenoxy) is 3. The van der Waals surface area contributed by atoms with Crippen LogP contribution in [0.3, 0.4) is 0 Å². The summed E-state index contributed by atoms with van der Waals surface area (Å²) in [6.45, 7) is 4.24. The molecule has 14 nitrogen and oxygen atoms in total. The van der Waals surface area contributed by atoms with Gasteiger partial charge in [-0.1, -0.05) is 11.8 Å². The molecular weight excluding hydrogens is 478 g/mol. The van der Waals surface area contributed by atoms with Crippen molar-refractivity contribution in [1.29, 1.82) is 0 Å². The van der Waals surface area contributed by atoms with E-state index in [4.69, 9.17) is 19.3 Å². The number of ketones is 1. The molecular formula is C22H25N5O9. The Morgan fingerprint density at radius 3 is 2.33 bits per heavy atom. The molecule has 0 saturated carbocycles. The van der Waals surface area contributed by atoms with Crippen molar-refractivity contribution in [3.8, 4) is 11.8 Å². The maximum atomic E-state index is 12.3. The van der Waals surface area contributed by atoms with E-state index in [9.17, 15) is 24.3 Å². The first-order chi connectivity index (χ1) is 17.1. The average Bonchev–Trinajstić information content (AvgIpc) is 3.37. The molecule has 0 radical (unpaired) electrons. The molecule has 14 heteroatoms. The minimum Gasteiger partial charge on any atom is -0.455 e. The Morgan fingerprint density at radius 1 is 1.08 bits per heavy atom. The fraction of sp³-hybridized carbons (Fsp3) is 0.500. The van der Waals surface area contributed by atoms with Crippen LogP contribution in [0.5, 0.6) is 0 Å². The van der Waals surface area contributed by atoms with Gasteiger partial charge in [0.1, 0.15) is 25.1 Å². The highest BCUT2D eigenvalue weighted by atomic mass is 16.6. The number of nitrogens with zero attached hydrogens (tertiary/aromatic N) is 5. The van der Waals surface area contributed by atoms with Crippen LogP contribution >= 0.6 is 0 Å². The lowest BCUT2D eigenvalue weighted by molar-refractivity contribution is -0.167. The number of rotatable bonds is 7. The Hall–Kier alpha value is -3.93. The zero-order chi connectivity index (χ0) is 26.6. The summed E-state index contributed by atoms with van der Waals surface area (Å²) in [7, 11) is 0. The topological polar surface area (TPSA) is 183 Å². The number of hydrogen-bond donors (Lipinski definition) is 2. The number of Topliss-reactive ketones (excluding diaryl/α,β-unsaturated/α-hetero) is 1. The largest absolute Gasteiger partial charge is 0.455 e. The van der Waals surface area contributed by atoms with E-state index in [1.165, 1.54) is 29.0 Å². The summed E-state index contributed by atoms with van der Waals surface area (Å²) in [4.78, 5) is 61.7. The Bertz CT molecular complexity index is 1230. The molecule has 1 amide bonds. The third-order valence-electron chi connectivity index (χ3n) is 5.25. The third-order valence-corrected chi connectivity index (χ3v) is 5.25. The van der Waals surface area contributed by atoms with Gasteiger partial charge in [0.2, 0.25) is 5.91 Å². The summed E-state index contributed by atoms with van der Waals surface area (Å²) in [6.07, 6.45) is -4.40. The quantitative estimate of drug-likeness (QED) is 0.343. The summed E-state index contributed by atoms with van der Waals surface area (Å²) in [6, 6.07) is 0. The van der Waals surface area contributed by atoms with Crippen molar-refractivity contribution in [3.63, 3.8) is 0 Å². The minimum atomic E-state index is -1.68. The standard InChI is InChI=1S/C22H25N5O9/c1-11(29)16(33)17-18(34-13(3)31)19(35-14(4)32)22(36-17)27-10-25-15-20(23-9-24-21(15)27)26(12(2)30)7-5-6-8-28/h9-10,16-19,22,28,33H,7-8H2,1-4H3/t16?,17-,18-,19-,22-/m1/s1. The van der Waals surface area contributed by atoms with Crippen LogP contribution in [0, 0.1) is 11.8 Å². The molecule has 3 heterocycles. The van der Waals surface area contributed by atoms with Gasteiger partial charge < -0.3 is 24.4 Å². The molecule has 2 aromatic heterocycles. The zero-order valence-corrected chi connectivity index (χ0v) is 19.9. The maximum Gasteiger partial charge on any atom is 0.303 e. The van der Waals surface area contributed by atoms with Crippen LogP contribution in [0.1, 0.15) is 33.9 Å². The number of aliphatic hydroxyl groups is 2. The number of amides is 1. The van der Waals surface area contributed by atoms with Crippen LogP contribution in [-0.2, 0) is 33.4 Å². The fourth-order valence-corrected chi connectivity index (χ4v) is 3.77. The smallest absolute Gasteiger partial charge is 0.303 e. The van der Waals surface area contributed by atoms with Gasteiger partial charge in [0.15, 0.2) is 41.2 Å². The predicted molar refractivity (Wildman–Crippen MR) is 120 cm³/mol. The Kier molecular flexibility index (Phi) is 8.30. The van der Waals surface area contributed by atoms with Crippen LogP contribution in [0.4, 0.5) is 5.82 Å². The number of aliphatic hydroxyl groups excluding tert-OH is 2. The second-order valence-corrected chi connectivity index (χ2v) is 7.83. The number of carbonyl (C=O) groups is 4. The van der Waals surface area contributed by atoms with Crippen molar-refractivity contribution in [2.75, 3.05) is 18.1 Å². The summed E-state index contributed by atoms with van der Waals surface area (Å²) in [5, 5.41) is 19.3. The minimum absolute atomic E-state index is 0.0771. The Balaban J connectivity index is 2.11. The first kappa shape index (κ1) is 26.7. The summed E-state index contributed by atoms with van der Waals surface area (Å²) < 4.78 is 17.9. The van der Waals surface area contributed by atoms with Crippen molar-refractivity contribution in [3.05, 3.63) is 12.7 Å². The number of imidazole rings is 1. The van der Waals surface area contributed by atoms with Gasteiger partial charge in [-0.25, -0.2) is 15.0 Å². The molecule has 2 N–H and O–H groups in total. The molecule has 1 saturated heterocycles. The number of hydrogen-bond acceptors (Lipinski definition) is 12. The van der Waals surface area contributed by atoms with Gasteiger partial charge in [0.05, 0.1) is 12.9 Å². The number of fused-ring (bicyclic) bond motifs is 1. The predicted octanol–water partition coefficient (Wildman–Crippen LogP) is -1.11. The van der Waals surface area contributed by atoms with Gasteiger partial charge in [-0.05, 0) is 6.92 Å². The van der Waals surface area contributed by atoms with E-state index < -0.39 is 54.3 Å². The number of aromatic nitrogens is 4. The maximum absolute atomic E-state index is 12.3. The van der Waals surface area contributed by atoms with Crippen LogP contribution in [0.2, 0.25) is 0 Å². The molecule has 1 aliphatic rings. The molecule has 1 unspecified atom stereocenters. The highest BCUT2D eigenvalue weighted by Gasteiger charge is 2.54. The fourth-order valence-electron chi connectivity index (χ4n) is 3.77. The van der Waals surface area contributed by atoms with Gasteiger partial charge in [-0.15, -0.1) is 0 Å². The summed E-state index contributed by atoms with van der Waals surface area (Å²) in [5.41, 5.74) is 0.325. The third kappa shape index (κ3) is 5.48. The summed E-state index contributed by atoms with van der Waals surface area (Å²) >= 11 is 0. The van der Waals surface area contributed by atoms with Gasteiger partial charge in [-0.2, -0.15) is 0 Å². The molecule has 1 fully saturated rings. The average molecular weight is 503 g/mol. The first-order valence-electron chi connectivity index (χ1n) is 10.8. The Morgan fingerprint density at radius 2 is 1.75 bits per heavy atom. The van der Waals surface area contributed by atoms with Gasteiger partial charge in [0, 0.05) is 20.8 Å². The molecule has 0 aromatic carbocycles. The number of esters is 2. The normalized spacial score (nSPS) is 21.8. The van der Waals surface area contributed by atoms with E-state index in [0.29, 0.717) is 0 Å². The van der Waals surface area contributed by atoms with Crippen molar-refractivity contribution >= 4 is 40.6 Å². The van der Waals surface area contributed by atoms with E-state index in [1.807, 2.05) is 0 Å². The highest BCUT2D eigenvalue weighted by Crippen LogP contribution is 2.37. The molecule has 192 valence electrons. The highest BCUT2D eigenvalue weighted by molar-refractivity contribution is 5.98. The second kappa shape index (κ2) is 11.2. The van der Waals surface area contributed by atoms with E-state index >= 15 is 0 Å². The van der Waals surface area contributed by atoms with E-state index in [-0.39, 0.29) is 30.1 Å². The zero-order valence-electron chi connectivity index (χ0n) is 19.9. The van der Waals surface area contributed by atoms with Crippen LogP contribution < -0.4 is 4.90 Å². The van der Waals surface area contributed by atoms with E-state index in [2.05, 4.69) is 26.8 Å². The molecule has 1 aliphatic heterocycles. The lowest BCUT2D eigenvalue weighted by Crippen LogP contribution is -2.45. The van der Waals surface area contributed by atoms with Crippen molar-refractivity contribution in [1.82, 2.24) is 19.5 Å². The lowest BCUT2D eigenvalue weighted by atomic mass is 10.0. The molecule has 0 bridgehead atoms. The first-order valence-corrected chi connectivity index (χ1v) is 10.8. The van der Waals surface area contributed by atoms with Crippen LogP contribution in [0.15, 0.2) is 12.7 Å². The van der Waals surface area contributed by atoms with Crippen molar-refractivity contribution < 1.29 is 43.6 Å². The molecule has 36 heavy (non-hydrogen) atoms.